The third-order valence-electron chi connectivity index (χ3n) is 4.28. The molecule has 19 heavy (non-hydrogen) atoms. The van der Waals surface area contributed by atoms with Crippen LogP contribution in [0.3, 0.4) is 0 Å². The van der Waals surface area contributed by atoms with Gasteiger partial charge in [0, 0.05) is 29.8 Å². The van der Waals surface area contributed by atoms with Crippen molar-refractivity contribution in [2.24, 2.45) is 5.92 Å². The summed E-state index contributed by atoms with van der Waals surface area (Å²) in [4.78, 5) is 2.35. The molecule has 1 aliphatic rings. The highest BCUT2D eigenvalue weighted by Crippen LogP contribution is 2.37. The van der Waals surface area contributed by atoms with Gasteiger partial charge in [-0.1, -0.05) is 24.6 Å². The van der Waals surface area contributed by atoms with Crippen LogP contribution in [0.4, 0.5) is 5.69 Å². The summed E-state index contributed by atoms with van der Waals surface area (Å²) < 4.78 is 0. The lowest BCUT2D eigenvalue weighted by molar-refractivity contribution is 0.596. The minimum Gasteiger partial charge on any atom is -0.372 e. The predicted octanol–water partition coefficient (Wildman–Crippen LogP) is 4.25. The zero-order valence-corrected chi connectivity index (χ0v) is 13.2. The summed E-state index contributed by atoms with van der Waals surface area (Å²) in [7, 11) is 2.17. The Morgan fingerprint density at radius 2 is 2.05 bits per heavy atom. The fraction of sp³-hybridized carbons (Fsp3) is 0.625. The fourth-order valence-corrected chi connectivity index (χ4v) is 2.97. The molecule has 1 saturated carbocycles. The highest BCUT2D eigenvalue weighted by Gasteiger charge is 2.30. The molecule has 0 aliphatic heterocycles. The lowest BCUT2D eigenvalue weighted by atomic mass is 10.1. The molecule has 0 amide bonds. The molecule has 2 rings (SSSR count). The topological polar surface area (TPSA) is 15.3 Å². The number of nitrogens with one attached hydrogen (secondary N) is 1. The van der Waals surface area contributed by atoms with Crippen molar-refractivity contribution in [2.75, 3.05) is 18.5 Å². The number of benzene rings is 1. The van der Waals surface area contributed by atoms with E-state index in [9.17, 15) is 0 Å². The highest BCUT2D eigenvalue weighted by atomic mass is 35.5. The van der Waals surface area contributed by atoms with Gasteiger partial charge in [0.1, 0.15) is 0 Å². The molecule has 2 nitrogen and oxygen atoms in total. The van der Waals surface area contributed by atoms with E-state index >= 15 is 0 Å². The van der Waals surface area contributed by atoms with Gasteiger partial charge in [-0.25, -0.2) is 0 Å². The van der Waals surface area contributed by atoms with E-state index < -0.39 is 0 Å². The van der Waals surface area contributed by atoms with Gasteiger partial charge in [-0.3, -0.25) is 0 Å². The monoisotopic (exact) mass is 280 g/mol. The molecule has 0 spiro atoms. The Morgan fingerprint density at radius 1 is 1.37 bits per heavy atom. The summed E-state index contributed by atoms with van der Waals surface area (Å²) in [6, 6.07) is 7.35. The van der Waals surface area contributed by atoms with E-state index in [2.05, 4.69) is 56.2 Å². The van der Waals surface area contributed by atoms with Crippen LogP contribution in [0.25, 0.3) is 0 Å². The summed E-state index contributed by atoms with van der Waals surface area (Å²) >= 11 is 6.44. The lowest BCUT2D eigenvalue weighted by Gasteiger charge is -2.28. The van der Waals surface area contributed by atoms with Crippen molar-refractivity contribution in [1.29, 1.82) is 0 Å². The van der Waals surface area contributed by atoms with Crippen molar-refractivity contribution in [2.45, 2.75) is 45.7 Å². The van der Waals surface area contributed by atoms with Crippen molar-refractivity contribution in [3.8, 4) is 0 Å². The molecule has 106 valence electrons. The van der Waals surface area contributed by atoms with Crippen molar-refractivity contribution in [3.05, 3.63) is 28.8 Å². The third-order valence-corrected chi connectivity index (χ3v) is 4.61. The van der Waals surface area contributed by atoms with E-state index in [1.807, 2.05) is 0 Å². The molecule has 1 aromatic carbocycles. The second-order valence-corrected chi connectivity index (χ2v) is 6.08. The van der Waals surface area contributed by atoms with Gasteiger partial charge in [-0.05, 0) is 56.8 Å². The van der Waals surface area contributed by atoms with Crippen LogP contribution in [-0.2, 0) is 0 Å². The van der Waals surface area contributed by atoms with Gasteiger partial charge in [0.25, 0.3) is 0 Å². The van der Waals surface area contributed by atoms with E-state index in [0.717, 1.165) is 17.5 Å². The first-order valence-corrected chi connectivity index (χ1v) is 7.68. The molecule has 2 atom stereocenters. The molecule has 1 aromatic rings. The van der Waals surface area contributed by atoms with Gasteiger partial charge in [0.2, 0.25) is 0 Å². The van der Waals surface area contributed by atoms with Crippen molar-refractivity contribution >= 4 is 17.3 Å². The van der Waals surface area contributed by atoms with Gasteiger partial charge < -0.3 is 10.2 Å². The van der Waals surface area contributed by atoms with Crippen molar-refractivity contribution < 1.29 is 0 Å². The average molecular weight is 281 g/mol. The molecule has 0 saturated heterocycles. The van der Waals surface area contributed by atoms with Gasteiger partial charge in [-0.2, -0.15) is 0 Å². The summed E-state index contributed by atoms with van der Waals surface area (Å²) in [5.41, 5.74) is 2.40. The number of hydrogen-bond acceptors (Lipinski definition) is 2. The van der Waals surface area contributed by atoms with Gasteiger partial charge in [-0.15, -0.1) is 0 Å². The first-order valence-electron chi connectivity index (χ1n) is 7.30. The first-order chi connectivity index (χ1) is 9.04. The standard InChI is InChI=1S/C16H25ClN2/c1-5-18-11(2)15-9-8-14(10-16(15)17)19(4)12(3)13-6-7-13/h8-13,18H,5-7H2,1-4H3. The molecule has 1 aliphatic carbocycles. The normalized spacial score (nSPS) is 18.2. The highest BCUT2D eigenvalue weighted by molar-refractivity contribution is 6.31. The number of nitrogens with zero attached hydrogens (tertiary/aromatic N) is 1. The molecule has 1 fully saturated rings. The van der Waals surface area contributed by atoms with E-state index in [-0.39, 0.29) is 0 Å². The summed E-state index contributed by atoms with van der Waals surface area (Å²) in [6.07, 6.45) is 2.74. The van der Waals surface area contributed by atoms with E-state index in [1.165, 1.54) is 24.1 Å². The van der Waals surface area contributed by atoms with Crippen LogP contribution in [0.1, 0.15) is 45.2 Å². The number of hydrogen-bond donors (Lipinski definition) is 1. The van der Waals surface area contributed by atoms with Crippen molar-refractivity contribution in [1.82, 2.24) is 5.32 Å². The zero-order valence-electron chi connectivity index (χ0n) is 12.4. The Labute approximate surface area is 122 Å². The van der Waals surface area contributed by atoms with E-state index in [0.29, 0.717) is 12.1 Å². The maximum absolute atomic E-state index is 6.44. The summed E-state index contributed by atoms with van der Waals surface area (Å²) in [5.74, 6) is 0.865. The SMILES string of the molecule is CCNC(C)c1ccc(N(C)C(C)C2CC2)cc1Cl. The Bertz CT molecular complexity index is 429. The van der Waals surface area contributed by atoms with Crippen LogP contribution in [0, 0.1) is 5.92 Å². The quantitative estimate of drug-likeness (QED) is 0.838. The van der Waals surface area contributed by atoms with Crippen LogP contribution in [0.2, 0.25) is 5.02 Å². The largest absolute Gasteiger partial charge is 0.372 e. The Hall–Kier alpha value is -0.730. The van der Waals surface area contributed by atoms with E-state index in [4.69, 9.17) is 11.6 Å². The molecule has 0 aromatic heterocycles. The molecular formula is C16H25ClN2. The minimum atomic E-state index is 0.303. The molecule has 2 unspecified atom stereocenters. The summed E-state index contributed by atoms with van der Waals surface area (Å²) in [5, 5.41) is 4.27. The average Bonchev–Trinajstić information content (AvgIpc) is 3.21. The van der Waals surface area contributed by atoms with Crippen LogP contribution < -0.4 is 10.2 Å². The maximum Gasteiger partial charge on any atom is 0.0474 e. The molecule has 0 radical (unpaired) electrons. The minimum absolute atomic E-state index is 0.303. The maximum atomic E-state index is 6.44. The lowest BCUT2D eigenvalue weighted by Crippen LogP contribution is -2.30. The summed E-state index contributed by atoms with van der Waals surface area (Å²) in [6.45, 7) is 7.53. The Morgan fingerprint density at radius 3 is 2.58 bits per heavy atom. The Balaban J connectivity index is 2.13. The zero-order chi connectivity index (χ0) is 14.0. The second kappa shape index (κ2) is 6.15. The molecule has 3 heteroatoms. The smallest absolute Gasteiger partial charge is 0.0474 e. The van der Waals surface area contributed by atoms with Gasteiger partial charge in [0.15, 0.2) is 0 Å². The first kappa shape index (κ1) is 14.7. The van der Waals surface area contributed by atoms with Crippen LogP contribution in [-0.4, -0.2) is 19.6 Å². The van der Waals surface area contributed by atoms with Crippen LogP contribution in [0.5, 0.6) is 0 Å². The predicted molar refractivity (Wildman–Crippen MR) is 84.1 cm³/mol. The number of halogens is 1. The molecule has 0 heterocycles. The molecular weight excluding hydrogens is 256 g/mol. The second-order valence-electron chi connectivity index (χ2n) is 5.67. The number of rotatable bonds is 6. The fourth-order valence-electron chi connectivity index (χ4n) is 2.63. The number of anilines is 1. The van der Waals surface area contributed by atoms with E-state index in [1.54, 1.807) is 0 Å². The van der Waals surface area contributed by atoms with Crippen LogP contribution >= 0.6 is 11.6 Å². The Kier molecular flexibility index (Phi) is 4.75. The van der Waals surface area contributed by atoms with Crippen molar-refractivity contribution in [3.63, 3.8) is 0 Å². The molecule has 1 N–H and O–H groups in total. The van der Waals surface area contributed by atoms with Gasteiger partial charge >= 0.3 is 0 Å². The van der Waals surface area contributed by atoms with Crippen LogP contribution in [0.15, 0.2) is 18.2 Å². The van der Waals surface area contributed by atoms with Gasteiger partial charge in [0.05, 0.1) is 0 Å². The molecule has 0 bridgehead atoms. The third kappa shape index (κ3) is 3.43.